The molecule has 0 spiro atoms. The molecule has 3 aromatic rings. The number of para-hydroxylation sites is 1. The summed E-state index contributed by atoms with van der Waals surface area (Å²) in [6.45, 7) is 3.86. The standard InChI is InChI=1S/C23H21ClN2O6/c1-5-11-32-18-13-16(24)15(12-17(18)29-2)20-19(22(27)30-3)21(23(28)31-4)26(25-20)14-9-7-6-8-10-14/h5-10,12-13H,1,11H2,2-4H3. The molecular formula is C23H21ClN2O6. The molecule has 0 unspecified atom stereocenters. The normalized spacial score (nSPS) is 10.4. The Hall–Kier alpha value is -3.78. The highest BCUT2D eigenvalue weighted by atomic mass is 35.5. The van der Waals surface area contributed by atoms with Crippen molar-refractivity contribution in [3.8, 4) is 28.4 Å². The van der Waals surface area contributed by atoms with Crippen LogP contribution in [0.25, 0.3) is 16.9 Å². The Balaban J connectivity index is 2.33. The molecule has 0 saturated heterocycles. The summed E-state index contributed by atoms with van der Waals surface area (Å²) in [6.07, 6.45) is 1.58. The monoisotopic (exact) mass is 456 g/mol. The third-order valence-electron chi connectivity index (χ3n) is 4.52. The lowest BCUT2D eigenvalue weighted by Gasteiger charge is -2.12. The van der Waals surface area contributed by atoms with Crippen molar-refractivity contribution in [2.75, 3.05) is 27.9 Å². The number of halogens is 1. The summed E-state index contributed by atoms with van der Waals surface area (Å²) >= 11 is 6.53. The van der Waals surface area contributed by atoms with E-state index < -0.39 is 11.9 Å². The quantitative estimate of drug-likeness (QED) is 0.368. The van der Waals surface area contributed by atoms with Gasteiger partial charge in [0.2, 0.25) is 0 Å². The molecule has 0 radical (unpaired) electrons. The van der Waals surface area contributed by atoms with Crippen LogP contribution in [0.15, 0.2) is 55.1 Å². The lowest BCUT2D eigenvalue weighted by molar-refractivity contribution is 0.0549. The molecule has 0 saturated carbocycles. The minimum absolute atomic E-state index is 0.0908. The molecule has 0 aliphatic heterocycles. The molecule has 2 aromatic carbocycles. The first-order valence-electron chi connectivity index (χ1n) is 9.43. The third-order valence-corrected chi connectivity index (χ3v) is 4.83. The van der Waals surface area contributed by atoms with Crippen molar-refractivity contribution in [2.24, 2.45) is 0 Å². The summed E-state index contributed by atoms with van der Waals surface area (Å²) < 4.78 is 22.2. The highest BCUT2D eigenvalue weighted by Crippen LogP contribution is 2.40. The van der Waals surface area contributed by atoms with Crippen molar-refractivity contribution >= 4 is 23.5 Å². The van der Waals surface area contributed by atoms with E-state index in [-0.39, 0.29) is 28.6 Å². The van der Waals surface area contributed by atoms with Gasteiger partial charge in [-0.25, -0.2) is 14.3 Å². The summed E-state index contributed by atoms with van der Waals surface area (Å²) in [5.74, 6) is -0.793. The van der Waals surface area contributed by atoms with Gasteiger partial charge in [0.1, 0.15) is 17.9 Å². The van der Waals surface area contributed by atoms with Crippen molar-refractivity contribution in [1.29, 1.82) is 0 Å². The minimum Gasteiger partial charge on any atom is -0.493 e. The van der Waals surface area contributed by atoms with Crippen molar-refractivity contribution in [1.82, 2.24) is 9.78 Å². The van der Waals surface area contributed by atoms with E-state index in [0.717, 1.165) is 0 Å². The summed E-state index contributed by atoms with van der Waals surface area (Å²) in [6, 6.07) is 12.0. The molecule has 1 aromatic heterocycles. The lowest BCUT2D eigenvalue weighted by atomic mass is 10.0. The Morgan fingerprint density at radius 3 is 2.34 bits per heavy atom. The van der Waals surface area contributed by atoms with Gasteiger partial charge in [0, 0.05) is 11.6 Å². The SMILES string of the molecule is C=CCOc1cc(Cl)c(-c2nn(-c3ccccc3)c(C(=O)OC)c2C(=O)OC)cc1OC. The van der Waals surface area contributed by atoms with Crippen LogP contribution in [0.1, 0.15) is 20.8 Å². The van der Waals surface area contributed by atoms with E-state index in [1.54, 1.807) is 42.5 Å². The maximum absolute atomic E-state index is 12.8. The second-order valence-corrected chi connectivity index (χ2v) is 6.79. The fraction of sp³-hybridized carbons (Fsp3) is 0.174. The molecule has 166 valence electrons. The zero-order valence-corrected chi connectivity index (χ0v) is 18.5. The van der Waals surface area contributed by atoms with E-state index in [9.17, 15) is 9.59 Å². The van der Waals surface area contributed by atoms with Gasteiger partial charge in [0.05, 0.1) is 32.0 Å². The number of nitrogens with zero attached hydrogens (tertiary/aromatic N) is 2. The van der Waals surface area contributed by atoms with E-state index in [1.807, 2.05) is 6.07 Å². The smallest absolute Gasteiger partial charge is 0.357 e. The number of hydrogen-bond donors (Lipinski definition) is 0. The van der Waals surface area contributed by atoms with Crippen LogP contribution >= 0.6 is 11.6 Å². The molecule has 0 N–H and O–H groups in total. The largest absolute Gasteiger partial charge is 0.493 e. The van der Waals surface area contributed by atoms with Gasteiger partial charge in [-0.05, 0) is 18.2 Å². The predicted molar refractivity (Wildman–Crippen MR) is 119 cm³/mol. The van der Waals surface area contributed by atoms with Gasteiger partial charge in [0.15, 0.2) is 17.2 Å². The van der Waals surface area contributed by atoms with Crippen molar-refractivity contribution in [3.05, 3.63) is 71.4 Å². The molecule has 8 nitrogen and oxygen atoms in total. The molecule has 0 amide bonds. The predicted octanol–water partition coefficient (Wildman–Crippen LogP) is 4.34. The van der Waals surface area contributed by atoms with Crippen LogP contribution in [-0.4, -0.2) is 49.7 Å². The molecule has 32 heavy (non-hydrogen) atoms. The number of aromatic nitrogens is 2. The lowest BCUT2D eigenvalue weighted by Crippen LogP contribution is -2.15. The number of benzene rings is 2. The van der Waals surface area contributed by atoms with E-state index in [4.69, 9.17) is 30.5 Å². The zero-order chi connectivity index (χ0) is 23.3. The zero-order valence-electron chi connectivity index (χ0n) is 17.8. The molecule has 0 atom stereocenters. The Bertz CT molecular complexity index is 1160. The van der Waals surface area contributed by atoms with E-state index in [0.29, 0.717) is 22.7 Å². The Morgan fingerprint density at radius 2 is 1.75 bits per heavy atom. The molecule has 0 aliphatic rings. The van der Waals surface area contributed by atoms with Gasteiger partial charge in [0.25, 0.3) is 0 Å². The first kappa shape index (κ1) is 22.9. The molecule has 0 aliphatic carbocycles. The number of carbonyl (C=O) groups is 2. The average molecular weight is 457 g/mol. The van der Waals surface area contributed by atoms with Crippen LogP contribution in [0.3, 0.4) is 0 Å². The van der Waals surface area contributed by atoms with Gasteiger partial charge >= 0.3 is 11.9 Å². The molecule has 0 fully saturated rings. The third kappa shape index (κ3) is 4.31. The van der Waals surface area contributed by atoms with Gasteiger partial charge in [-0.15, -0.1) is 0 Å². The van der Waals surface area contributed by atoms with E-state index in [1.165, 1.54) is 26.0 Å². The maximum Gasteiger partial charge on any atom is 0.357 e. The minimum atomic E-state index is -0.774. The number of ether oxygens (including phenoxy) is 4. The fourth-order valence-corrected chi connectivity index (χ4v) is 3.32. The van der Waals surface area contributed by atoms with Crippen molar-refractivity contribution in [2.45, 2.75) is 0 Å². The summed E-state index contributed by atoms with van der Waals surface area (Å²) in [5, 5.41) is 4.76. The van der Waals surface area contributed by atoms with Gasteiger partial charge in [-0.2, -0.15) is 5.10 Å². The maximum atomic E-state index is 12.8. The molecule has 1 heterocycles. The first-order valence-corrected chi connectivity index (χ1v) is 9.81. The van der Waals surface area contributed by atoms with Crippen LogP contribution in [0, 0.1) is 0 Å². The van der Waals surface area contributed by atoms with Gasteiger partial charge < -0.3 is 18.9 Å². The molecular weight excluding hydrogens is 436 g/mol. The van der Waals surface area contributed by atoms with Gasteiger partial charge in [-0.1, -0.05) is 42.5 Å². The second-order valence-electron chi connectivity index (χ2n) is 6.39. The fourth-order valence-electron chi connectivity index (χ4n) is 3.08. The molecule has 9 heteroatoms. The number of carbonyl (C=O) groups excluding carboxylic acids is 2. The van der Waals surface area contributed by atoms with Crippen LogP contribution in [0.2, 0.25) is 5.02 Å². The topological polar surface area (TPSA) is 88.9 Å². The summed E-state index contributed by atoms with van der Waals surface area (Å²) in [5.41, 5.74) is 0.821. The number of methoxy groups -OCH3 is 3. The Labute approximate surface area is 189 Å². The van der Waals surface area contributed by atoms with Crippen LogP contribution in [0.4, 0.5) is 0 Å². The van der Waals surface area contributed by atoms with Crippen molar-refractivity contribution in [3.63, 3.8) is 0 Å². The molecule has 0 bridgehead atoms. The van der Waals surface area contributed by atoms with Crippen LogP contribution in [-0.2, 0) is 9.47 Å². The van der Waals surface area contributed by atoms with E-state index in [2.05, 4.69) is 11.7 Å². The first-order chi connectivity index (χ1) is 15.5. The Kier molecular flexibility index (Phi) is 7.17. The highest BCUT2D eigenvalue weighted by molar-refractivity contribution is 6.33. The van der Waals surface area contributed by atoms with Gasteiger partial charge in [-0.3, -0.25) is 0 Å². The van der Waals surface area contributed by atoms with E-state index >= 15 is 0 Å². The number of esters is 2. The van der Waals surface area contributed by atoms with Crippen LogP contribution < -0.4 is 9.47 Å². The second kappa shape index (κ2) is 10.0. The van der Waals surface area contributed by atoms with Crippen molar-refractivity contribution < 1.29 is 28.5 Å². The highest BCUT2D eigenvalue weighted by Gasteiger charge is 2.32. The average Bonchev–Trinajstić information content (AvgIpc) is 3.22. The molecule has 3 rings (SSSR count). The number of hydrogen-bond acceptors (Lipinski definition) is 7. The summed E-state index contributed by atoms with van der Waals surface area (Å²) in [4.78, 5) is 25.5. The number of rotatable bonds is 8. The summed E-state index contributed by atoms with van der Waals surface area (Å²) in [7, 11) is 3.89. The van der Waals surface area contributed by atoms with Crippen LogP contribution in [0.5, 0.6) is 11.5 Å². The Morgan fingerprint density at radius 1 is 1.06 bits per heavy atom.